The highest BCUT2D eigenvalue weighted by Gasteiger charge is 2.30. The Labute approximate surface area is 233 Å². The van der Waals surface area contributed by atoms with Crippen LogP contribution in [0.15, 0.2) is 60.7 Å². The predicted molar refractivity (Wildman–Crippen MR) is 157 cm³/mol. The van der Waals surface area contributed by atoms with Gasteiger partial charge in [-0.3, -0.25) is 0 Å². The molecule has 0 aromatic heterocycles. The Bertz CT molecular complexity index is 1220. The van der Waals surface area contributed by atoms with Gasteiger partial charge in [-0.25, -0.2) is 4.79 Å². The highest BCUT2D eigenvalue weighted by atomic mass is 16.5. The van der Waals surface area contributed by atoms with E-state index in [9.17, 15) is 15.0 Å². The summed E-state index contributed by atoms with van der Waals surface area (Å²) in [6.07, 6.45) is -2.36. The van der Waals surface area contributed by atoms with E-state index in [1.165, 1.54) is 16.7 Å². The van der Waals surface area contributed by atoms with E-state index in [0.717, 1.165) is 27.8 Å². The van der Waals surface area contributed by atoms with Crippen molar-refractivity contribution in [3.63, 3.8) is 0 Å². The molecule has 3 aromatic rings. The standard InChI is InChI=1S/C34H43NO4/c1-20(2)23-17-28(21(3)4)32(29(18-23)22(5)6)33(37)31(36)15-16-35-34(38)39-19-30-26-13-9-7-11-24(26)25-12-8-10-14-27(25)30/h7-14,17-18,20-22,30-31,33,36-37H,15-16,19H2,1-6H3,(H,35,38). The average Bonchev–Trinajstić information content (AvgIpc) is 3.24. The van der Waals surface area contributed by atoms with Gasteiger partial charge < -0.3 is 20.3 Å². The summed E-state index contributed by atoms with van der Waals surface area (Å²) in [4.78, 5) is 12.6. The van der Waals surface area contributed by atoms with Crippen LogP contribution in [0.1, 0.15) is 111 Å². The van der Waals surface area contributed by atoms with Crippen molar-refractivity contribution in [2.75, 3.05) is 13.2 Å². The Hall–Kier alpha value is -3.15. The third-order valence-electron chi connectivity index (χ3n) is 7.89. The molecular formula is C34H43NO4. The highest BCUT2D eigenvalue weighted by Crippen LogP contribution is 2.44. The van der Waals surface area contributed by atoms with Crippen LogP contribution < -0.4 is 5.32 Å². The quantitative estimate of drug-likeness (QED) is 0.256. The number of aliphatic hydroxyl groups excluding tert-OH is 2. The van der Waals surface area contributed by atoms with Crippen LogP contribution in [0.4, 0.5) is 4.79 Å². The first kappa shape index (κ1) is 28.8. The number of amides is 1. The number of aliphatic hydroxyl groups is 2. The highest BCUT2D eigenvalue weighted by molar-refractivity contribution is 5.79. The van der Waals surface area contributed by atoms with E-state index < -0.39 is 18.3 Å². The van der Waals surface area contributed by atoms with Crippen molar-refractivity contribution in [3.8, 4) is 11.1 Å². The van der Waals surface area contributed by atoms with Crippen molar-refractivity contribution in [1.82, 2.24) is 5.32 Å². The molecule has 0 saturated heterocycles. The van der Waals surface area contributed by atoms with Crippen LogP contribution >= 0.6 is 0 Å². The lowest BCUT2D eigenvalue weighted by atomic mass is 9.81. The summed E-state index contributed by atoms with van der Waals surface area (Å²) in [5, 5.41) is 25.0. The summed E-state index contributed by atoms with van der Waals surface area (Å²) >= 11 is 0. The number of rotatable bonds is 10. The maximum absolute atomic E-state index is 12.6. The molecule has 5 nitrogen and oxygen atoms in total. The minimum Gasteiger partial charge on any atom is -0.449 e. The number of carbonyl (C=O) groups is 1. The summed E-state index contributed by atoms with van der Waals surface area (Å²) in [5.41, 5.74) is 8.89. The van der Waals surface area contributed by atoms with Gasteiger partial charge in [-0.2, -0.15) is 0 Å². The van der Waals surface area contributed by atoms with Crippen molar-refractivity contribution in [1.29, 1.82) is 0 Å². The molecule has 0 heterocycles. The summed E-state index contributed by atoms with van der Waals surface area (Å²) in [5.74, 6) is 0.778. The van der Waals surface area contributed by atoms with Crippen molar-refractivity contribution in [2.24, 2.45) is 0 Å². The van der Waals surface area contributed by atoms with Crippen molar-refractivity contribution < 1.29 is 19.7 Å². The molecule has 0 aliphatic heterocycles. The summed E-state index contributed by atoms with van der Waals surface area (Å²) < 4.78 is 5.61. The topological polar surface area (TPSA) is 78.8 Å². The van der Waals surface area contributed by atoms with E-state index in [-0.39, 0.29) is 37.3 Å². The molecule has 3 N–H and O–H groups in total. The zero-order valence-corrected chi connectivity index (χ0v) is 24.1. The second kappa shape index (κ2) is 12.4. The lowest BCUT2D eigenvalue weighted by molar-refractivity contribution is 0.0124. The number of ether oxygens (including phenoxy) is 1. The van der Waals surface area contributed by atoms with Crippen molar-refractivity contribution in [2.45, 2.75) is 83.8 Å². The van der Waals surface area contributed by atoms with Gasteiger partial charge in [-0.1, -0.05) is 102 Å². The number of carbonyl (C=O) groups excluding carboxylic acids is 1. The Morgan fingerprint density at radius 1 is 0.821 bits per heavy atom. The van der Waals surface area contributed by atoms with Gasteiger partial charge in [0, 0.05) is 12.5 Å². The molecule has 39 heavy (non-hydrogen) atoms. The van der Waals surface area contributed by atoms with Crippen LogP contribution in [-0.2, 0) is 4.74 Å². The van der Waals surface area contributed by atoms with Crippen LogP contribution in [0.2, 0.25) is 0 Å². The first-order chi connectivity index (χ1) is 18.6. The number of nitrogens with one attached hydrogen (secondary N) is 1. The molecule has 3 aromatic carbocycles. The molecule has 5 heteroatoms. The zero-order chi connectivity index (χ0) is 28.3. The van der Waals surface area contributed by atoms with Gasteiger partial charge >= 0.3 is 6.09 Å². The maximum Gasteiger partial charge on any atom is 0.407 e. The first-order valence-corrected chi connectivity index (χ1v) is 14.2. The van der Waals surface area contributed by atoms with E-state index in [2.05, 4.69) is 83.3 Å². The number of benzene rings is 3. The van der Waals surface area contributed by atoms with Crippen LogP contribution in [-0.4, -0.2) is 35.6 Å². The molecule has 2 atom stereocenters. The SMILES string of the molecule is CC(C)c1cc(C(C)C)c(C(O)C(O)CCNC(=O)OCC2c3ccccc3-c3ccccc32)c(C(C)C)c1. The van der Waals surface area contributed by atoms with E-state index in [1.54, 1.807) is 0 Å². The Balaban J connectivity index is 1.37. The molecule has 1 aliphatic rings. The van der Waals surface area contributed by atoms with Gasteiger partial charge in [0.15, 0.2) is 0 Å². The van der Waals surface area contributed by atoms with Crippen molar-refractivity contribution >= 4 is 6.09 Å². The maximum atomic E-state index is 12.6. The third-order valence-corrected chi connectivity index (χ3v) is 7.89. The fraction of sp³-hybridized carbons (Fsp3) is 0.441. The lowest BCUT2D eigenvalue weighted by Gasteiger charge is -2.28. The molecule has 0 radical (unpaired) electrons. The Kier molecular flexibility index (Phi) is 9.14. The normalized spacial score (nSPS) is 14.4. The van der Waals surface area contributed by atoms with E-state index in [1.807, 2.05) is 24.3 Å². The van der Waals surface area contributed by atoms with Crippen LogP contribution in [0.5, 0.6) is 0 Å². The fourth-order valence-electron chi connectivity index (χ4n) is 5.67. The van der Waals surface area contributed by atoms with Gasteiger partial charge in [0.05, 0.1) is 6.10 Å². The first-order valence-electron chi connectivity index (χ1n) is 14.2. The molecule has 0 fully saturated rings. The number of hydrogen-bond donors (Lipinski definition) is 3. The number of alkyl carbamates (subject to hydrolysis) is 1. The molecule has 2 unspecified atom stereocenters. The zero-order valence-electron chi connectivity index (χ0n) is 24.1. The predicted octanol–water partition coefficient (Wildman–Crippen LogP) is 7.38. The molecule has 1 aliphatic carbocycles. The van der Waals surface area contributed by atoms with Crippen LogP contribution in [0.3, 0.4) is 0 Å². The Morgan fingerprint density at radius 2 is 1.33 bits per heavy atom. The minimum atomic E-state index is -1.04. The summed E-state index contributed by atoms with van der Waals surface area (Å²) in [7, 11) is 0. The second-order valence-corrected chi connectivity index (χ2v) is 11.6. The molecular weight excluding hydrogens is 486 g/mol. The van der Waals surface area contributed by atoms with Crippen LogP contribution in [0, 0.1) is 0 Å². The van der Waals surface area contributed by atoms with E-state index >= 15 is 0 Å². The van der Waals surface area contributed by atoms with Crippen molar-refractivity contribution in [3.05, 3.63) is 94.0 Å². The molecule has 1 amide bonds. The van der Waals surface area contributed by atoms with Gasteiger partial charge in [-0.05, 0) is 68.7 Å². The largest absolute Gasteiger partial charge is 0.449 e. The van der Waals surface area contributed by atoms with E-state index in [4.69, 9.17) is 4.74 Å². The fourth-order valence-corrected chi connectivity index (χ4v) is 5.67. The molecule has 0 bridgehead atoms. The van der Waals surface area contributed by atoms with Crippen LogP contribution in [0.25, 0.3) is 11.1 Å². The third kappa shape index (κ3) is 6.21. The molecule has 4 rings (SSSR count). The van der Waals surface area contributed by atoms with Gasteiger partial charge in [0.25, 0.3) is 0 Å². The number of fused-ring (bicyclic) bond motifs is 3. The second-order valence-electron chi connectivity index (χ2n) is 11.6. The van der Waals surface area contributed by atoms with Gasteiger partial charge in [-0.15, -0.1) is 0 Å². The molecule has 0 spiro atoms. The van der Waals surface area contributed by atoms with Gasteiger partial charge in [0.1, 0.15) is 12.7 Å². The monoisotopic (exact) mass is 529 g/mol. The molecule has 208 valence electrons. The smallest absolute Gasteiger partial charge is 0.407 e. The summed E-state index contributed by atoms with van der Waals surface area (Å²) in [6.45, 7) is 13.2. The average molecular weight is 530 g/mol. The summed E-state index contributed by atoms with van der Waals surface area (Å²) in [6, 6.07) is 20.8. The van der Waals surface area contributed by atoms with Gasteiger partial charge in [0.2, 0.25) is 0 Å². The molecule has 0 saturated carbocycles. The van der Waals surface area contributed by atoms with E-state index in [0.29, 0.717) is 5.92 Å². The lowest BCUT2D eigenvalue weighted by Crippen LogP contribution is -2.31. The Morgan fingerprint density at radius 3 is 1.82 bits per heavy atom. The number of hydrogen-bond acceptors (Lipinski definition) is 4. The minimum absolute atomic E-state index is 0.00622.